The van der Waals surface area contributed by atoms with E-state index in [9.17, 15) is 9.18 Å². The summed E-state index contributed by atoms with van der Waals surface area (Å²) in [4.78, 5) is 12.0. The number of alkyl halides is 1. The van der Waals surface area contributed by atoms with Gasteiger partial charge in [-0.2, -0.15) is 0 Å². The van der Waals surface area contributed by atoms with Gasteiger partial charge in [0, 0.05) is 12.1 Å². The Balaban J connectivity index is 1.97. The molecule has 0 aliphatic heterocycles. The summed E-state index contributed by atoms with van der Waals surface area (Å²) in [5.74, 6) is -0.847. The topological polar surface area (TPSA) is 38.3 Å². The largest absolute Gasteiger partial charge is 0.494 e. The predicted octanol–water partition coefficient (Wildman–Crippen LogP) is 3.54. The van der Waals surface area contributed by atoms with Crippen LogP contribution in [0.5, 0.6) is 5.75 Å². The summed E-state index contributed by atoms with van der Waals surface area (Å²) >= 11 is 6.21. The Hall–Kier alpha value is -2.07. The van der Waals surface area contributed by atoms with Crippen LogP contribution in [0.15, 0.2) is 48.5 Å². The second-order valence-electron chi connectivity index (χ2n) is 4.44. The molecule has 1 amide bonds. The van der Waals surface area contributed by atoms with Gasteiger partial charge < -0.3 is 10.1 Å². The van der Waals surface area contributed by atoms with Gasteiger partial charge in [-0.25, -0.2) is 4.39 Å². The number of ether oxygens (including phenoxy) is 1. The first-order valence-corrected chi connectivity index (χ1v) is 6.86. The molecule has 1 N–H and O–H groups in total. The number of halogens is 2. The number of hydrogen-bond donors (Lipinski definition) is 1. The van der Waals surface area contributed by atoms with Crippen LogP contribution >= 0.6 is 11.6 Å². The summed E-state index contributed by atoms with van der Waals surface area (Å²) < 4.78 is 18.4. The van der Waals surface area contributed by atoms with E-state index in [1.807, 2.05) is 30.3 Å². The number of rotatable bonds is 5. The molecule has 21 heavy (non-hydrogen) atoms. The molecule has 0 aliphatic carbocycles. The van der Waals surface area contributed by atoms with Gasteiger partial charge in [0.05, 0.1) is 12.5 Å². The second kappa shape index (κ2) is 7.09. The van der Waals surface area contributed by atoms with Crippen LogP contribution in [0.2, 0.25) is 0 Å². The smallest absolute Gasteiger partial charge is 0.251 e. The van der Waals surface area contributed by atoms with E-state index in [0.717, 1.165) is 11.6 Å². The van der Waals surface area contributed by atoms with E-state index in [4.69, 9.17) is 16.3 Å². The first kappa shape index (κ1) is 15.3. The van der Waals surface area contributed by atoms with Gasteiger partial charge in [-0.05, 0) is 23.8 Å². The lowest BCUT2D eigenvalue weighted by atomic mass is 10.1. The zero-order valence-electron chi connectivity index (χ0n) is 11.5. The molecule has 2 rings (SSSR count). The van der Waals surface area contributed by atoms with Crippen molar-refractivity contribution in [3.05, 3.63) is 65.5 Å². The molecule has 110 valence electrons. The first-order valence-electron chi connectivity index (χ1n) is 6.42. The highest BCUT2D eigenvalue weighted by Crippen LogP contribution is 2.20. The second-order valence-corrected chi connectivity index (χ2v) is 4.96. The minimum absolute atomic E-state index is 0.103. The van der Waals surface area contributed by atoms with Crippen LogP contribution < -0.4 is 10.1 Å². The summed E-state index contributed by atoms with van der Waals surface area (Å²) in [6, 6.07) is 13.5. The third kappa shape index (κ3) is 3.95. The van der Waals surface area contributed by atoms with Crippen LogP contribution in [-0.2, 0) is 0 Å². The molecule has 2 aromatic carbocycles. The molecule has 2 aromatic rings. The zero-order chi connectivity index (χ0) is 15.2. The molecule has 0 aromatic heterocycles. The summed E-state index contributed by atoms with van der Waals surface area (Å²) in [5.41, 5.74) is 1.14. The molecule has 0 saturated carbocycles. The molecular weight excluding hydrogens is 293 g/mol. The Morgan fingerprint density at radius 3 is 2.62 bits per heavy atom. The molecule has 0 saturated heterocycles. The van der Waals surface area contributed by atoms with Gasteiger partial charge >= 0.3 is 0 Å². The maximum absolute atomic E-state index is 13.5. The molecule has 5 heteroatoms. The Bertz CT molecular complexity index is 619. The molecule has 1 unspecified atom stereocenters. The van der Waals surface area contributed by atoms with Crippen molar-refractivity contribution in [1.29, 1.82) is 0 Å². The van der Waals surface area contributed by atoms with Gasteiger partial charge in [-0.1, -0.05) is 30.3 Å². The quantitative estimate of drug-likeness (QED) is 0.858. The highest BCUT2D eigenvalue weighted by atomic mass is 35.5. The van der Waals surface area contributed by atoms with E-state index < -0.39 is 5.82 Å². The number of hydrogen-bond acceptors (Lipinski definition) is 2. The van der Waals surface area contributed by atoms with Gasteiger partial charge in [0.2, 0.25) is 0 Å². The van der Waals surface area contributed by atoms with Crippen molar-refractivity contribution in [2.24, 2.45) is 0 Å². The molecular formula is C16H15ClFNO2. The fourth-order valence-corrected chi connectivity index (χ4v) is 2.09. The standard InChI is InChI=1S/C16H15ClFNO2/c1-21-15-8-7-12(9-14(15)18)16(20)19-10-13(17)11-5-3-2-4-6-11/h2-9,13H,10H2,1H3,(H,19,20). The Morgan fingerprint density at radius 1 is 1.29 bits per heavy atom. The summed E-state index contributed by atoms with van der Waals surface area (Å²) in [7, 11) is 1.37. The molecule has 0 bridgehead atoms. The van der Waals surface area contributed by atoms with E-state index in [1.54, 1.807) is 0 Å². The monoisotopic (exact) mass is 307 g/mol. The molecule has 0 aliphatic rings. The summed E-state index contributed by atoms with van der Waals surface area (Å²) in [5, 5.41) is 2.35. The maximum Gasteiger partial charge on any atom is 0.251 e. The molecule has 0 spiro atoms. The van der Waals surface area contributed by atoms with E-state index in [-0.39, 0.29) is 29.1 Å². The van der Waals surface area contributed by atoms with Crippen molar-refractivity contribution in [3.8, 4) is 5.75 Å². The van der Waals surface area contributed by atoms with Crippen molar-refractivity contribution >= 4 is 17.5 Å². The SMILES string of the molecule is COc1ccc(C(=O)NCC(Cl)c2ccccc2)cc1F. The third-order valence-electron chi connectivity index (χ3n) is 3.02. The van der Waals surface area contributed by atoms with E-state index >= 15 is 0 Å². The Morgan fingerprint density at radius 2 is 2.00 bits per heavy atom. The van der Waals surface area contributed by atoms with Crippen LogP contribution in [0.25, 0.3) is 0 Å². The van der Waals surface area contributed by atoms with Crippen molar-refractivity contribution < 1.29 is 13.9 Å². The number of nitrogens with one attached hydrogen (secondary N) is 1. The maximum atomic E-state index is 13.5. The van der Waals surface area contributed by atoms with Crippen LogP contribution in [0.1, 0.15) is 21.3 Å². The number of carbonyl (C=O) groups is 1. The third-order valence-corrected chi connectivity index (χ3v) is 3.42. The Labute approximate surface area is 127 Å². The van der Waals surface area contributed by atoms with Crippen LogP contribution in [0.4, 0.5) is 4.39 Å². The molecule has 1 atom stereocenters. The number of benzene rings is 2. The van der Waals surface area contributed by atoms with Crippen LogP contribution in [-0.4, -0.2) is 19.6 Å². The minimum atomic E-state index is -0.573. The Kier molecular flexibility index (Phi) is 5.17. The van der Waals surface area contributed by atoms with Crippen LogP contribution in [0, 0.1) is 5.82 Å². The van der Waals surface area contributed by atoms with Crippen molar-refractivity contribution in [2.75, 3.05) is 13.7 Å². The number of methoxy groups -OCH3 is 1. The molecule has 3 nitrogen and oxygen atoms in total. The minimum Gasteiger partial charge on any atom is -0.494 e. The average Bonchev–Trinajstić information content (AvgIpc) is 2.53. The lowest BCUT2D eigenvalue weighted by Gasteiger charge is -2.11. The van der Waals surface area contributed by atoms with Crippen molar-refractivity contribution in [2.45, 2.75) is 5.38 Å². The predicted molar refractivity (Wildman–Crippen MR) is 80.3 cm³/mol. The van der Waals surface area contributed by atoms with Gasteiger partial charge in [0.15, 0.2) is 11.6 Å². The number of amides is 1. The van der Waals surface area contributed by atoms with Gasteiger partial charge in [-0.3, -0.25) is 4.79 Å². The van der Waals surface area contributed by atoms with Gasteiger partial charge in [0.1, 0.15) is 0 Å². The highest BCUT2D eigenvalue weighted by molar-refractivity contribution is 6.21. The fraction of sp³-hybridized carbons (Fsp3) is 0.188. The summed E-state index contributed by atoms with van der Waals surface area (Å²) in [6.07, 6.45) is 0. The van der Waals surface area contributed by atoms with E-state index in [1.165, 1.54) is 19.2 Å². The van der Waals surface area contributed by atoms with Gasteiger partial charge in [0.25, 0.3) is 5.91 Å². The zero-order valence-corrected chi connectivity index (χ0v) is 12.2. The van der Waals surface area contributed by atoms with Crippen molar-refractivity contribution in [3.63, 3.8) is 0 Å². The molecule has 0 radical (unpaired) electrons. The fourth-order valence-electron chi connectivity index (χ4n) is 1.87. The molecule has 0 heterocycles. The molecule has 0 fully saturated rings. The lowest BCUT2D eigenvalue weighted by Crippen LogP contribution is -2.26. The number of carbonyl (C=O) groups excluding carboxylic acids is 1. The van der Waals surface area contributed by atoms with Crippen molar-refractivity contribution in [1.82, 2.24) is 5.32 Å². The van der Waals surface area contributed by atoms with Crippen LogP contribution in [0.3, 0.4) is 0 Å². The van der Waals surface area contributed by atoms with E-state index in [0.29, 0.717) is 0 Å². The normalized spacial score (nSPS) is 11.8. The highest BCUT2D eigenvalue weighted by Gasteiger charge is 2.12. The lowest BCUT2D eigenvalue weighted by molar-refractivity contribution is 0.0953. The average molecular weight is 308 g/mol. The van der Waals surface area contributed by atoms with E-state index in [2.05, 4.69) is 5.32 Å². The van der Waals surface area contributed by atoms with Gasteiger partial charge in [-0.15, -0.1) is 11.6 Å². The summed E-state index contributed by atoms with van der Waals surface area (Å²) in [6.45, 7) is 0.262. The first-order chi connectivity index (χ1) is 10.1.